The van der Waals surface area contributed by atoms with Gasteiger partial charge in [-0.2, -0.15) is 0 Å². The Kier molecular flexibility index (Phi) is 8.96. The number of aromatic nitrogens is 3. The smallest absolute Gasteiger partial charge is 0.244 e. The molecule has 2 amide bonds. The first-order valence-electron chi connectivity index (χ1n) is 11.1. The number of para-hydroxylation sites is 1. The second-order valence-electron chi connectivity index (χ2n) is 7.71. The molecule has 0 fully saturated rings. The molecule has 35 heavy (non-hydrogen) atoms. The van der Waals surface area contributed by atoms with Crippen LogP contribution in [0.1, 0.15) is 18.9 Å². The number of thioether (sulfide) groups is 1. The number of ether oxygens (including phenoxy) is 2. The van der Waals surface area contributed by atoms with E-state index in [1.165, 1.54) is 9.58 Å². The van der Waals surface area contributed by atoms with Crippen molar-refractivity contribution in [2.45, 2.75) is 25.4 Å². The predicted octanol–water partition coefficient (Wildman–Crippen LogP) is 2.95. The summed E-state index contributed by atoms with van der Waals surface area (Å²) in [6, 6.07) is 12.8. The molecule has 0 radical (unpaired) electrons. The Morgan fingerprint density at radius 1 is 1.11 bits per heavy atom. The molecule has 3 N–H and O–H groups in total. The van der Waals surface area contributed by atoms with Crippen LogP contribution in [0.5, 0.6) is 11.5 Å². The van der Waals surface area contributed by atoms with E-state index in [9.17, 15) is 9.59 Å². The van der Waals surface area contributed by atoms with Gasteiger partial charge in [0.15, 0.2) is 17.3 Å². The van der Waals surface area contributed by atoms with Crippen LogP contribution in [0.2, 0.25) is 0 Å². The second kappa shape index (κ2) is 12.1. The van der Waals surface area contributed by atoms with E-state index in [1.807, 2.05) is 38.1 Å². The number of carbonyl (C=O) groups excluding carboxylic acids is 2. The number of methoxy groups -OCH3 is 2. The molecule has 1 aromatic heterocycles. The highest BCUT2D eigenvalue weighted by atomic mass is 32.2. The Bertz CT molecular complexity index is 1180. The topological polar surface area (TPSA) is 125 Å². The van der Waals surface area contributed by atoms with Gasteiger partial charge in [-0.15, -0.1) is 10.2 Å². The van der Waals surface area contributed by atoms with Crippen molar-refractivity contribution in [2.24, 2.45) is 0 Å². The van der Waals surface area contributed by atoms with Gasteiger partial charge in [-0.05, 0) is 43.2 Å². The van der Waals surface area contributed by atoms with Crippen molar-refractivity contribution in [1.82, 2.24) is 19.8 Å². The molecule has 2 aromatic carbocycles. The lowest BCUT2D eigenvalue weighted by Gasteiger charge is -2.21. The molecule has 0 atom stereocenters. The molecular formula is C24H30N6O4S. The van der Waals surface area contributed by atoms with Gasteiger partial charge in [0.2, 0.25) is 17.0 Å². The molecule has 11 heteroatoms. The number of hydrogen-bond donors (Lipinski definition) is 2. The van der Waals surface area contributed by atoms with E-state index in [-0.39, 0.29) is 24.1 Å². The minimum Gasteiger partial charge on any atom is -0.493 e. The van der Waals surface area contributed by atoms with E-state index in [4.69, 9.17) is 15.3 Å². The van der Waals surface area contributed by atoms with Crippen molar-refractivity contribution in [3.63, 3.8) is 0 Å². The number of benzene rings is 2. The predicted molar refractivity (Wildman–Crippen MR) is 136 cm³/mol. The van der Waals surface area contributed by atoms with Crippen molar-refractivity contribution in [1.29, 1.82) is 0 Å². The fourth-order valence-corrected chi connectivity index (χ4v) is 4.16. The van der Waals surface area contributed by atoms with Crippen LogP contribution in [0.3, 0.4) is 0 Å². The number of aryl methyl sites for hydroxylation is 1. The van der Waals surface area contributed by atoms with Crippen LogP contribution in [0.4, 0.5) is 5.69 Å². The molecule has 1 heterocycles. The monoisotopic (exact) mass is 498 g/mol. The summed E-state index contributed by atoms with van der Waals surface area (Å²) in [5.41, 5.74) is 2.38. The van der Waals surface area contributed by atoms with Gasteiger partial charge in [-0.25, -0.2) is 4.68 Å². The van der Waals surface area contributed by atoms with Crippen molar-refractivity contribution in [3.8, 4) is 22.9 Å². The molecule has 0 bridgehead atoms. The number of anilines is 1. The van der Waals surface area contributed by atoms with Gasteiger partial charge in [-0.1, -0.05) is 36.9 Å². The lowest BCUT2D eigenvalue weighted by Crippen LogP contribution is -2.39. The standard InChI is InChI=1S/C24H30N6O4S/c1-5-12-29(14-21(31)26-18-9-7-6-8-16(18)2)22(32)15-35-24-28-27-23(30(24)25)17-10-11-19(33-3)20(13-17)34-4/h6-11,13H,5,12,14-15,25H2,1-4H3,(H,26,31). The summed E-state index contributed by atoms with van der Waals surface area (Å²) in [4.78, 5) is 27.0. The summed E-state index contributed by atoms with van der Waals surface area (Å²) in [6.07, 6.45) is 0.727. The number of nitrogens with two attached hydrogens (primary N) is 1. The maximum absolute atomic E-state index is 12.9. The van der Waals surface area contributed by atoms with Gasteiger partial charge in [0.1, 0.15) is 0 Å². The lowest BCUT2D eigenvalue weighted by atomic mass is 10.2. The first-order chi connectivity index (χ1) is 16.9. The maximum Gasteiger partial charge on any atom is 0.244 e. The van der Waals surface area contributed by atoms with Crippen molar-refractivity contribution < 1.29 is 19.1 Å². The summed E-state index contributed by atoms with van der Waals surface area (Å²) in [5, 5.41) is 11.5. The number of carbonyl (C=O) groups is 2. The summed E-state index contributed by atoms with van der Waals surface area (Å²) in [5.74, 6) is 7.39. The summed E-state index contributed by atoms with van der Waals surface area (Å²) in [7, 11) is 3.11. The fourth-order valence-electron chi connectivity index (χ4n) is 3.40. The van der Waals surface area contributed by atoms with Gasteiger partial charge in [0, 0.05) is 17.8 Å². The minimum absolute atomic E-state index is 0.0340. The number of rotatable bonds is 11. The van der Waals surface area contributed by atoms with E-state index in [2.05, 4.69) is 15.5 Å². The van der Waals surface area contributed by atoms with Gasteiger partial charge in [0.05, 0.1) is 26.5 Å². The van der Waals surface area contributed by atoms with Gasteiger partial charge >= 0.3 is 0 Å². The molecule has 10 nitrogen and oxygen atoms in total. The Morgan fingerprint density at radius 3 is 2.54 bits per heavy atom. The Labute approximate surface area is 208 Å². The Hall–Kier alpha value is -3.73. The van der Waals surface area contributed by atoms with Gasteiger partial charge in [-0.3, -0.25) is 9.59 Å². The van der Waals surface area contributed by atoms with E-state index >= 15 is 0 Å². The first-order valence-corrected chi connectivity index (χ1v) is 12.0. The molecule has 3 rings (SSSR count). The highest BCUT2D eigenvalue weighted by Gasteiger charge is 2.20. The van der Waals surface area contributed by atoms with E-state index in [0.29, 0.717) is 34.6 Å². The van der Waals surface area contributed by atoms with Crippen LogP contribution in [0.25, 0.3) is 11.4 Å². The molecule has 0 aliphatic rings. The minimum atomic E-state index is -0.246. The molecule has 0 aliphatic heterocycles. The number of nitrogens with zero attached hydrogens (tertiary/aromatic N) is 4. The summed E-state index contributed by atoms with van der Waals surface area (Å²) < 4.78 is 11.9. The fraction of sp³-hybridized carbons (Fsp3) is 0.333. The van der Waals surface area contributed by atoms with Crippen molar-refractivity contribution >= 4 is 29.3 Å². The highest BCUT2D eigenvalue weighted by Crippen LogP contribution is 2.32. The number of hydrogen-bond acceptors (Lipinski definition) is 8. The molecule has 0 saturated heterocycles. The first kappa shape index (κ1) is 25.9. The maximum atomic E-state index is 12.9. The van der Waals surface area contributed by atoms with Gasteiger partial charge < -0.3 is 25.5 Å². The zero-order valence-corrected chi connectivity index (χ0v) is 21.1. The Balaban J connectivity index is 1.64. The third-order valence-electron chi connectivity index (χ3n) is 5.23. The molecule has 0 aliphatic carbocycles. The molecule has 0 saturated carbocycles. The average molecular weight is 499 g/mol. The van der Waals surface area contributed by atoms with E-state index < -0.39 is 0 Å². The van der Waals surface area contributed by atoms with Crippen LogP contribution < -0.4 is 20.6 Å². The molecular weight excluding hydrogens is 468 g/mol. The normalized spacial score (nSPS) is 10.6. The van der Waals surface area contributed by atoms with Crippen molar-refractivity contribution in [2.75, 3.05) is 44.2 Å². The van der Waals surface area contributed by atoms with Crippen molar-refractivity contribution in [3.05, 3.63) is 48.0 Å². The quantitative estimate of drug-likeness (QED) is 0.305. The SMILES string of the molecule is CCCN(CC(=O)Nc1ccccc1C)C(=O)CSc1nnc(-c2ccc(OC)c(OC)c2)n1N. The summed E-state index contributed by atoms with van der Waals surface area (Å²) >= 11 is 1.16. The molecule has 186 valence electrons. The largest absolute Gasteiger partial charge is 0.493 e. The zero-order valence-electron chi connectivity index (χ0n) is 20.3. The van der Waals surface area contributed by atoms with Crippen LogP contribution in [0.15, 0.2) is 47.6 Å². The van der Waals surface area contributed by atoms with Crippen LogP contribution >= 0.6 is 11.8 Å². The van der Waals surface area contributed by atoms with Crippen LogP contribution in [0, 0.1) is 6.92 Å². The van der Waals surface area contributed by atoms with Gasteiger partial charge in [0.25, 0.3) is 0 Å². The second-order valence-corrected chi connectivity index (χ2v) is 8.66. The number of amides is 2. The highest BCUT2D eigenvalue weighted by molar-refractivity contribution is 7.99. The summed E-state index contributed by atoms with van der Waals surface area (Å²) in [6.45, 7) is 4.31. The number of nitrogens with one attached hydrogen (secondary N) is 1. The molecule has 3 aromatic rings. The number of nitrogen functional groups attached to an aromatic ring is 1. The zero-order chi connectivity index (χ0) is 25.4. The third kappa shape index (κ3) is 6.44. The van der Waals surface area contributed by atoms with E-state index in [1.54, 1.807) is 32.4 Å². The Morgan fingerprint density at radius 2 is 1.86 bits per heavy atom. The van der Waals surface area contributed by atoms with E-state index in [0.717, 1.165) is 29.4 Å². The average Bonchev–Trinajstić information content (AvgIpc) is 3.23. The third-order valence-corrected chi connectivity index (χ3v) is 6.16. The molecule has 0 unspecified atom stereocenters. The lowest BCUT2D eigenvalue weighted by molar-refractivity contribution is -0.132. The van der Waals surface area contributed by atoms with Crippen LogP contribution in [-0.4, -0.2) is 64.6 Å². The molecule has 0 spiro atoms. The van der Waals surface area contributed by atoms with Crippen LogP contribution in [-0.2, 0) is 9.59 Å².